The van der Waals surface area contributed by atoms with Crippen molar-refractivity contribution in [3.8, 4) is 23.7 Å². The van der Waals surface area contributed by atoms with Crippen LogP contribution < -0.4 is 16.5 Å². The summed E-state index contributed by atoms with van der Waals surface area (Å²) in [5, 5.41) is 11.0. The lowest BCUT2D eigenvalue weighted by molar-refractivity contribution is -0.130. The van der Waals surface area contributed by atoms with Crippen molar-refractivity contribution in [2.24, 2.45) is 5.73 Å². The predicted molar refractivity (Wildman–Crippen MR) is 96.8 cm³/mol. The fraction of sp³-hybridized carbons (Fsp3) is 0.100. The second-order valence-corrected chi connectivity index (χ2v) is 5.44. The number of rotatable bonds is 4. The lowest BCUT2D eigenvalue weighted by Crippen LogP contribution is -2.50. The molecule has 142 valence electrons. The van der Waals surface area contributed by atoms with Crippen LogP contribution in [0.15, 0.2) is 42.5 Å². The SMILES string of the molecule is NC[C@H](NC(=O)c1ccc(C#CC#Cc2ccc(F)cc2F)cc1)C(=O)NO. The monoisotopic (exact) mass is 383 g/mol. The van der Waals surface area contributed by atoms with Gasteiger partial charge in [-0.1, -0.05) is 5.92 Å². The highest BCUT2D eigenvalue weighted by molar-refractivity contribution is 5.97. The van der Waals surface area contributed by atoms with E-state index in [-0.39, 0.29) is 17.7 Å². The number of nitrogens with one attached hydrogen (secondary N) is 2. The van der Waals surface area contributed by atoms with E-state index in [0.717, 1.165) is 12.1 Å². The van der Waals surface area contributed by atoms with Crippen LogP contribution in [-0.4, -0.2) is 29.6 Å². The molecular weight excluding hydrogens is 368 g/mol. The Morgan fingerprint density at radius 2 is 1.75 bits per heavy atom. The van der Waals surface area contributed by atoms with Crippen molar-refractivity contribution in [3.63, 3.8) is 0 Å². The summed E-state index contributed by atoms with van der Waals surface area (Å²) in [4.78, 5) is 23.4. The van der Waals surface area contributed by atoms with E-state index in [2.05, 4.69) is 29.0 Å². The molecule has 0 unspecified atom stereocenters. The average molecular weight is 383 g/mol. The molecule has 2 amide bonds. The molecule has 28 heavy (non-hydrogen) atoms. The normalized spacial score (nSPS) is 10.6. The van der Waals surface area contributed by atoms with Gasteiger partial charge in [0.2, 0.25) is 0 Å². The van der Waals surface area contributed by atoms with Gasteiger partial charge in [0.15, 0.2) is 0 Å². The smallest absolute Gasteiger partial charge is 0.267 e. The minimum Gasteiger partial charge on any atom is -0.339 e. The third-order valence-corrected chi connectivity index (χ3v) is 3.51. The fourth-order valence-electron chi connectivity index (χ4n) is 2.05. The molecule has 0 saturated heterocycles. The van der Waals surface area contributed by atoms with Gasteiger partial charge < -0.3 is 11.1 Å². The molecule has 0 fully saturated rings. The second-order valence-electron chi connectivity index (χ2n) is 5.44. The van der Waals surface area contributed by atoms with Gasteiger partial charge in [-0.25, -0.2) is 14.3 Å². The third-order valence-electron chi connectivity index (χ3n) is 3.51. The molecule has 0 spiro atoms. The number of hydrogen-bond acceptors (Lipinski definition) is 4. The van der Waals surface area contributed by atoms with E-state index in [9.17, 15) is 18.4 Å². The summed E-state index contributed by atoms with van der Waals surface area (Å²) in [5.41, 5.74) is 7.63. The average Bonchev–Trinajstić information content (AvgIpc) is 2.70. The summed E-state index contributed by atoms with van der Waals surface area (Å²) in [6.07, 6.45) is 0. The Bertz CT molecular complexity index is 999. The van der Waals surface area contributed by atoms with E-state index in [1.807, 2.05) is 0 Å². The molecule has 0 aliphatic heterocycles. The van der Waals surface area contributed by atoms with Gasteiger partial charge in [0.25, 0.3) is 11.8 Å². The zero-order chi connectivity index (χ0) is 20.5. The van der Waals surface area contributed by atoms with Gasteiger partial charge in [-0.15, -0.1) is 0 Å². The number of nitrogens with two attached hydrogens (primary N) is 1. The van der Waals surface area contributed by atoms with Crippen LogP contribution in [-0.2, 0) is 4.79 Å². The highest BCUT2D eigenvalue weighted by Gasteiger charge is 2.19. The Morgan fingerprint density at radius 3 is 2.36 bits per heavy atom. The van der Waals surface area contributed by atoms with Crippen LogP contribution in [0.5, 0.6) is 0 Å². The van der Waals surface area contributed by atoms with E-state index in [1.54, 1.807) is 12.1 Å². The van der Waals surface area contributed by atoms with Gasteiger partial charge in [0.1, 0.15) is 17.7 Å². The van der Waals surface area contributed by atoms with Gasteiger partial charge in [-0.05, 0) is 54.2 Å². The van der Waals surface area contributed by atoms with Crippen molar-refractivity contribution >= 4 is 11.8 Å². The van der Waals surface area contributed by atoms with Crippen molar-refractivity contribution in [2.75, 3.05) is 6.54 Å². The number of carbonyl (C=O) groups excluding carboxylic acids is 2. The van der Waals surface area contributed by atoms with Crippen molar-refractivity contribution in [2.45, 2.75) is 6.04 Å². The topological polar surface area (TPSA) is 104 Å². The van der Waals surface area contributed by atoms with E-state index in [1.165, 1.54) is 23.7 Å². The van der Waals surface area contributed by atoms with E-state index in [0.29, 0.717) is 5.56 Å². The first kappa shape index (κ1) is 20.6. The summed E-state index contributed by atoms with van der Waals surface area (Å²) in [7, 11) is 0. The van der Waals surface area contributed by atoms with E-state index >= 15 is 0 Å². The van der Waals surface area contributed by atoms with E-state index in [4.69, 9.17) is 10.9 Å². The molecule has 5 N–H and O–H groups in total. The molecule has 0 bridgehead atoms. The second kappa shape index (κ2) is 9.83. The molecule has 0 radical (unpaired) electrons. The first-order valence-corrected chi connectivity index (χ1v) is 7.96. The van der Waals surface area contributed by atoms with Crippen LogP contribution in [0, 0.1) is 35.3 Å². The molecule has 2 aromatic rings. The van der Waals surface area contributed by atoms with Crippen LogP contribution in [0.4, 0.5) is 8.78 Å². The maximum atomic E-state index is 13.4. The van der Waals surface area contributed by atoms with Gasteiger partial charge >= 0.3 is 0 Å². The van der Waals surface area contributed by atoms with Crippen LogP contribution in [0.25, 0.3) is 0 Å². The number of amides is 2. The lowest BCUT2D eigenvalue weighted by Gasteiger charge is -2.14. The maximum Gasteiger partial charge on any atom is 0.267 e. The zero-order valence-corrected chi connectivity index (χ0v) is 14.4. The largest absolute Gasteiger partial charge is 0.339 e. The lowest BCUT2D eigenvalue weighted by atomic mass is 10.1. The molecular formula is C20H15F2N3O3. The van der Waals surface area contributed by atoms with Gasteiger partial charge in [-0.3, -0.25) is 14.8 Å². The minimum atomic E-state index is -1.07. The van der Waals surface area contributed by atoms with Crippen molar-refractivity contribution < 1.29 is 23.6 Å². The molecule has 0 aliphatic carbocycles. The molecule has 0 aromatic heterocycles. The summed E-state index contributed by atoms with van der Waals surface area (Å²) in [6, 6.07) is 8.08. The van der Waals surface area contributed by atoms with Crippen LogP contribution in [0.1, 0.15) is 21.5 Å². The molecule has 8 heteroatoms. The Hall–Kier alpha value is -3.72. The van der Waals surface area contributed by atoms with Gasteiger partial charge in [-0.2, -0.15) is 0 Å². The highest BCUT2D eigenvalue weighted by atomic mass is 19.1. The fourth-order valence-corrected chi connectivity index (χ4v) is 2.05. The maximum absolute atomic E-state index is 13.4. The molecule has 0 saturated carbocycles. The number of hydroxylamine groups is 1. The van der Waals surface area contributed by atoms with Crippen molar-refractivity contribution in [1.29, 1.82) is 0 Å². The third kappa shape index (κ3) is 5.64. The molecule has 2 aromatic carbocycles. The zero-order valence-electron chi connectivity index (χ0n) is 14.4. The first-order chi connectivity index (χ1) is 13.4. The van der Waals surface area contributed by atoms with Crippen LogP contribution >= 0.6 is 0 Å². The summed E-state index contributed by atoms with van der Waals surface area (Å²) in [5.74, 6) is 7.38. The highest BCUT2D eigenvalue weighted by Crippen LogP contribution is 2.07. The number of halogens is 2. The Labute approximate surface area is 159 Å². The number of benzene rings is 2. The van der Waals surface area contributed by atoms with Gasteiger partial charge in [0.05, 0.1) is 5.56 Å². The van der Waals surface area contributed by atoms with Crippen molar-refractivity contribution in [1.82, 2.24) is 10.8 Å². The standard InChI is InChI=1S/C20H15F2N3O3/c21-16-10-9-14(17(22)11-16)4-2-1-3-13-5-7-15(8-6-13)19(26)24-18(12-23)20(27)25-28/h5-11,18,28H,12,23H2,(H,24,26)(H,25,27)/t18-/m0/s1. The molecule has 1 atom stereocenters. The predicted octanol–water partition coefficient (Wildman–Crippen LogP) is 0.930. The summed E-state index contributed by atoms with van der Waals surface area (Å²) < 4.78 is 26.2. The number of hydrogen-bond donors (Lipinski definition) is 4. The molecule has 0 aliphatic rings. The Morgan fingerprint density at radius 1 is 1.07 bits per heavy atom. The first-order valence-electron chi connectivity index (χ1n) is 7.96. The Kier molecular flexibility index (Phi) is 7.23. The minimum absolute atomic E-state index is 0.0316. The summed E-state index contributed by atoms with van der Waals surface area (Å²) in [6.45, 7) is -0.186. The molecule has 6 nitrogen and oxygen atoms in total. The summed E-state index contributed by atoms with van der Waals surface area (Å²) >= 11 is 0. The molecule has 2 rings (SSSR count). The van der Waals surface area contributed by atoms with Crippen LogP contribution in [0.3, 0.4) is 0 Å². The van der Waals surface area contributed by atoms with Crippen molar-refractivity contribution in [3.05, 3.63) is 70.8 Å². The Balaban J connectivity index is 2.04. The molecule has 0 heterocycles. The van der Waals surface area contributed by atoms with Gasteiger partial charge in [0, 0.05) is 23.7 Å². The van der Waals surface area contributed by atoms with Crippen LogP contribution in [0.2, 0.25) is 0 Å². The quantitative estimate of drug-likeness (QED) is 0.358. The number of carbonyl (C=O) groups is 2. The van der Waals surface area contributed by atoms with E-state index < -0.39 is 29.5 Å².